The Balaban J connectivity index is 1.26. The number of carboxylic acid groups (broad SMARTS) is 1. The largest absolute Gasteiger partial charge is 0.549 e. The minimum Gasteiger partial charge on any atom is -0.549 e. The molecule has 7 rings (SSSR count). The summed E-state index contributed by atoms with van der Waals surface area (Å²) >= 11 is 14.6. The average Bonchev–Trinajstić information content (AvgIpc) is 1.11. The molecular formula is C64H97Cl2N4O17S-. The summed E-state index contributed by atoms with van der Waals surface area (Å²) in [6, 6.07) is 4.49. The lowest BCUT2D eigenvalue weighted by Crippen LogP contribution is -2.62. The highest BCUT2D eigenvalue weighted by Gasteiger charge is 2.54. The number of aliphatic hydroxyl groups is 3. The Bertz CT molecular complexity index is 2620. The van der Waals surface area contributed by atoms with E-state index < -0.39 is 125 Å². The summed E-state index contributed by atoms with van der Waals surface area (Å²) in [6.45, 7) is 19.4. The van der Waals surface area contributed by atoms with Crippen molar-refractivity contribution in [2.75, 3.05) is 64.8 Å². The zero-order valence-corrected chi connectivity index (χ0v) is 55.9. The van der Waals surface area contributed by atoms with Gasteiger partial charge in [-0.2, -0.15) is 11.8 Å². The molecule has 0 radical (unpaired) electrons. The molecule has 19 atom stereocenters. The molecule has 496 valence electrons. The van der Waals surface area contributed by atoms with Crippen molar-refractivity contribution in [3.63, 3.8) is 0 Å². The van der Waals surface area contributed by atoms with Crippen molar-refractivity contribution in [1.82, 2.24) is 14.8 Å². The van der Waals surface area contributed by atoms with Crippen molar-refractivity contribution in [1.29, 1.82) is 0 Å². The van der Waals surface area contributed by atoms with Gasteiger partial charge in [-0.3, -0.25) is 14.6 Å². The smallest absolute Gasteiger partial charge is 0.320 e. The number of aliphatic carboxylic acids is 1. The number of carbonyl (C=O) groups is 4. The fourth-order valence-corrected chi connectivity index (χ4v) is 15.9. The Morgan fingerprint density at radius 3 is 2.19 bits per heavy atom. The number of methoxy groups -OCH3 is 2. The average molecular weight is 1300 g/mol. The van der Waals surface area contributed by atoms with E-state index in [0.29, 0.717) is 58.9 Å². The third kappa shape index (κ3) is 16.8. The third-order valence-electron chi connectivity index (χ3n) is 19.5. The molecule has 4 saturated heterocycles. The number of thioether (sulfide) groups is 1. The zero-order valence-electron chi connectivity index (χ0n) is 53.6. The third-order valence-corrected chi connectivity index (χ3v) is 21.4. The molecule has 5 aliphatic rings. The number of carbonyl (C=O) groups excluding carboxylic acids is 4. The van der Waals surface area contributed by atoms with E-state index in [1.807, 2.05) is 50.8 Å². The number of morpholine rings is 1. The van der Waals surface area contributed by atoms with E-state index >= 15 is 9.59 Å². The van der Waals surface area contributed by atoms with Gasteiger partial charge in [-0.1, -0.05) is 63.9 Å². The van der Waals surface area contributed by atoms with Gasteiger partial charge in [0, 0.05) is 118 Å². The maximum atomic E-state index is 15.5. The number of aliphatic hydroxyl groups excluding tert-OH is 3. The van der Waals surface area contributed by atoms with Crippen LogP contribution < -0.4 is 14.7 Å². The number of ether oxygens (including phenoxy) is 9. The lowest BCUT2D eigenvalue weighted by Gasteiger charge is -2.50. The molecule has 2 amide bonds. The Morgan fingerprint density at radius 1 is 0.920 bits per heavy atom. The lowest BCUT2D eigenvalue weighted by atomic mass is 9.71. The van der Waals surface area contributed by atoms with E-state index in [1.54, 1.807) is 53.5 Å². The van der Waals surface area contributed by atoms with E-state index in [0.717, 1.165) is 37.4 Å². The quantitative estimate of drug-likeness (QED) is 0.109. The van der Waals surface area contributed by atoms with Crippen LogP contribution in [-0.2, 0) is 65.4 Å². The topological polar surface area (TPSA) is 258 Å². The van der Waals surface area contributed by atoms with Crippen LogP contribution in [0.2, 0.25) is 10.0 Å². The standard InChI is InChI=1S/C64H98Cl2N4O17S/c1-14-49-37(4)52(56(59(75)76)88-26-23-70(33-45-46(65)31-67-32-47(45)66)43-20-19-42(34-71)50(28-43)84-44-17-15-16-18-44)38(5)53(72)35(2)29-64(10,80-13)58(87-61-54(73)48(27-36(3)82-61)68(11)62(78)69-21-24-81-25-22-69)39(6)55(40(7)60(77)85-49)86-51-30-63(9,79-12)57(74)41(8)83-51/h19-20,28,31-32,35-41,44,48-49,51-52,54-58,61,71,73-74H,14-18,21-27,29-30,33-34H2,1-13H3,(H,75,76)/p-1/t35-,36-,37+,38-,39+,40-,41+,48+,49-,51+,52+,54-,55+,56+,57+,58-,61+,63-,64-/m1/s1. The van der Waals surface area contributed by atoms with Crippen LogP contribution in [0.25, 0.3) is 0 Å². The molecule has 1 saturated carbocycles. The van der Waals surface area contributed by atoms with Crippen molar-refractivity contribution in [3.05, 3.63) is 51.8 Å². The van der Waals surface area contributed by atoms with Crippen molar-refractivity contribution in [2.24, 2.45) is 35.5 Å². The second kappa shape index (κ2) is 31.8. The first-order chi connectivity index (χ1) is 41.7. The second-order valence-electron chi connectivity index (χ2n) is 25.6. The first-order valence-electron chi connectivity index (χ1n) is 31.4. The molecule has 5 fully saturated rings. The first kappa shape index (κ1) is 71.8. The van der Waals surface area contributed by atoms with Crippen LogP contribution in [0.15, 0.2) is 30.6 Å². The molecule has 2 aromatic rings. The van der Waals surface area contributed by atoms with E-state index in [2.05, 4.69) is 4.98 Å². The molecule has 1 aliphatic carbocycles. The maximum absolute atomic E-state index is 15.5. The molecule has 0 unspecified atom stereocenters. The second-order valence-corrected chi connectivity index (χ2v) is 27.6. The Hall–Kier alpha value is -3.62. The number of carboxylic acids is 1. The lowest BCUT2D eigenvalue weighted by molar-refractivity contribution is -0.318. The number of aromatic nitrogens is 1. The van der Waals surface area contributed by atoms with Crippen LogP contribution in [0.5, 0.6) is 5.75 Å². The molecule has 88 heavy (non-hydrogen) atoms. The van der Waals surface area contributed by atoms with Crippen LogP contribution in [0.4, 0.5) is 10.5 Å². The predicted octanol–water partition coefficient (Wildman–Crippen LogP) is 7.48. The summed E-state index contributed by atoms with van der Waals surface area (Å²) in [7, 11) is 4.62. The summed E-state index contributed by atoms with van der Waals surface area (Å²) in [5.41, 5.74) is -0.659. The Kier molecular flexibility index (Phi) is 26.0. The zero-order chi connectivity index (χ0) is 64.5. The van der Waals surface area contributed by atoms with Gasteiger partial charge in [0.05, 0.1) is 89.5 Å². The van der Waals surface area contributed by atoms with Crippen molar-refractivity contribution in [2.45, 2.75) is 218 Å². The number of rotatable bonds is 20. The summed E-state index contributed by atoms with van der Waals surface area (Å²) in [5, 5.41) is 47.4. The van der Waals surface area contributed by atoms with Crippen molar-refractivity contribution < 1.29 is 82.2 Å². The highest BCUT2D eigenvalue weighted by Crippen LogP contribution is 2.45. The van der Waals surface area contributed by atoms with Gasteiger partial charge >= 0.3 is 12.0 Å². The Labute approximate surface area is 534 Å². The van der Waals surface area contributed by atoms with Crippen molar-refractivity contribution >= 4 is 64.4 Å². The number of benzene rings is 1. The maximum Gasteiger partial charge on any atom is 0.320 e. The highest BCUT2D eigenvalue weighted by atomic mass is 35.5. The van der Waals surface area contributed by atoms with Crippen LogP contribution in [0.1, 0.15) is 132 Å². The number of amides is 2. The molecule has 1 aromatic heterocycles. The summed E-state index contributed by atoms with van der Waals surface area (Å²) in [5.74, 6) is -7.11. The molecule has 24 heteroatoms. The summed E-state index contributed by atoms with van der Waals surface area (Å²) in [4.78, 5) is 68.0. The number of hydrogen-bond acceptors (Lipinski definition) is 20. The molecular weight excluding hydrogens is 1200 g/mol. The number of Topliss-reactive ketones (excluding diaryl/α,β-unsaturated/α-hetero) is 1. The number of nitrogens with zero attached hydrogens (tertiary/aromatic N) is 4. The van der Waals surface area contributed by atoms with Crippen LogP contribution >= 0.6 is 35.0 Å². The fourth-order valence-electron chi connectivity index (χ4n) is 14.0. The first-order valence-corrected chi connectivity index (χ1v) is 33.2. The van der Waals surface area contributed by atoms with Crippen LogP contribution in [0.3, 0.4) is 0 Å². The number of likely N-dealkylation sites (N-methyl/N-ethyl adjacent to an activating group) is 1. The van der Waals surface area contributed by atoms with Crippen LogP contribution in [-0.4, -0.2) is 198 Å². The molecule has 0 bridgehead atoms. The van der Waals surface area contributed by atoms with Gasteiger partial charge in [-0.25, -0.2) is 4.79 Å². The molecule has 5 heterocycles. The van der Waals surface area contributed by atoms with Gasteiger partial charge in [0.15, 0.2) is 12.6 Å². The van der Waals surface area contributed by atoms with Gasteiger partial charge in [-0.05, 0) is 97.5 Å². The van der Waals surface area contributed by atoms with E-state index in [4.69, 9.17) is 65.8 Å². The SMILES string of the molecule is CC[C@H]1OC(=O)[C@H](C)[C@@H](O[C@H]2C[C@@](C)(OC)[C@@H](O)[C@H](C)O2)[C@H](C)[C@@H](O[C@@H]2O[C@H](C)C[C@H](N(C)C(=O)N3CCOCC3)[C@H]2O)[C@](C)(OC)C[C@@H](C)C(=O)[C@H](C)[C@@H]([C@H](SCCN(Cc2c(Cl)cncc2Cl)c2ccc(CO)c(OC3CCCC3)c2)C(=O)[O-])[C@H]1C. The molecule has 0 spiro atoms. The highest BCUT2D eigenvalue weighted by molar-refractivity contribution is 8.00. The number of anilines is 1. The number of urea groups is 1. The van der Waals surface area contributed by atoms with Gasteiger partial charge < -0.3 is 82.6 Å². The molecule has 4 aliphatic heterocycles. The number of hydrogen-bond donors (Lipinski definition) is 3. The van der Waals surface area contributed by atoms with Gasteiger partial charge in [0.2, 0.25) is 0 Å². The number of halogens is 2. The number of pyridine rings is 1. The number of cyclic esters (lactones) is 1. The molecule has 1 aromatic carbocycles. The van der Waals surface area contributed by atoms with Gasteiger partial charge in [0.25, 0.3) is 0 Å². The minimum absolute atomic E-state index is 0.00368. The van der Waals surface area contributed by atoms with Gasteiger partial charge in [0.1, 0.15) is 29.8 Å². The molecule has 3 N–H and O–H groups in total. The summed E-state index contributed by atoms with van der Waals surface area (Å²) in [6.07, 6.45) is -1.91. The van der Waals surface area contributed by atoms with E-state index in [9.17, 15) is 30.0 Å². The Morgan fingerprint density at radius 2 is 1.58 bits per heavy atom. The molecule has 21 nitrogen and oxygen atoms in total. The normalized spacial score (nSPS) is 35.2. The number of ketones is 1. The monoisotopic (exact) mass is 1300 g/mol. The van der Waals surface area contributed by atoms with E-state index in [1.165, 1.54) is 31.5 Å². The minimum atomic E-state index is -1.45. The van der Waals surface area contributed by atoms with E-state index in [-0.39, 0.29) is 69.1 Å². The van der Waals surface area contributed by atoms with Crippen LogP contribution in [0, 0.1) is 35.5 Å². The van der Waals surface area contributed by atoms with Gasteiger partial charge in [-0.15, -0.1) is 0 Å². The summed E-state index contributed by atoms with van der Waals surface area (Å²) < 4.78 is 57.9. The predicted molar refractivity (Wildman–Crippen MR) is 331 cm³/mol. The number of esters is 1. The fraction of sp³-hybridized carbons (Fsp3) is 0.766. The van der Waals surface area contributed by atoms with Crippen molar-refractivity contribution in [3.8, 4) is 5.75 Å².